The second-order valence-electron chi connectivity index (χ2n) is 3.58. The maximum atomic E-state index is 10.5. The van der Waals surface area contributed by atoms with E-state index in [4.69, 9.17) is 9.84 Å². The fourth-order valence-corrected chi connectivity index (χ4v) is 1.78. The van der Waals surface area contributed by atoms with E-state index < -0.39 is 5.97 Å². The number of epoxide rings is 1. The first-order valence-electron chi connectivity index (χ1n) is 4.09. The minimum Gasteiger partial charge on any atom is -0.481 e. The zero-order valence-electron chi connectivity index (χ0n) is 6.38. The highest BCUT2D eigenvalue weighted by Gasteiger charge is 2.47. The molecule has 1 saturated carbocycles. The summed E-state index contributed by atoms with van der Waals surface area (Å²) in [5.74, 6) is -0.745. The van der Waals surface area contributed by atoms with E-state index >= 15 is 0 Å². The van der Waals surface area contributed by atoms with E-state index in [1.165, 1.54) is 0 Å². The Morgan fingerprint density at radius 2 is 2.00 bits per heavy atom. The molecule has 0 atom stereocenters. The van der Waals surface area contributed by atoms with Crippen LogP contribution in [-0.2, 0) is 9.53 Å². The van der Waals surface area contributed by atoms with E-state index in [2.05, 4.69) is 0 Å². The normalized spacial score (nSPS) is 42.4. The molecule has 2 fully saturated rings. The molecule has 0 aromatic carbocycles. The first kappa shape index (κ1) is 7.10. The lowest BCUT2D eigenvalue weighted by molar-refractivity contribution is -0.143. The number of hydrogen-bond acceptors (Lipinski definition) is 2. The molecule has 1 saturated heterocycles. The quantitative estimate of drug-likeness (QED) is 0.577. The van der Waals surface area contributed by atoms with Crippen molar-refractivity contribution in [1.29, 1.82) is 0 Å². The molecular formula is C8H12O3. The van der Waals surface area contributed by atoms with Gasteiger partial charge in [-0.2, -0.15) is 0 Å². The van der Waals surface area contributed by atoms with Gasteiger partial charge in [0.2, 0.25) is 0 Å². The Kier molecular flexibility index (Phi) is 1.42. The molecule has 3 heteroatoms. The maximum absolute atomic E-state index is 10.5. The standard InChI is InChI=1S/C8H12O3/c9-7(10)6-1-3-8(4-2-6)5-11-8/h6H,1-5H2,(H,9,10)/t6-,8-. The van der Waals surface area contributed by atoms with Crippen LogP contribution in [0.15, 0.2) is 0 Å². The molecule has 1 heterocycles. The summed E-state index contributed by atoms with van der Waals surface area (Å²) < 4.78 is 5.27. The number of hydrogen-bond donors (Lipinski definition) is 1. The summed E-state index contributed by atoms with van der Waals surface area (Å²) in [6.07, 6.45) is 3.50. The van der Waals surface area contributed by atoms with Crippen LogP contribution in [0.5, 0.6) is 0 Å². The van der Waals surface area contributed by atoms with Gasteiger partial charge in [0, 0.05) is 0 Å². The Labute approximate surface area is 65.4 Å². The van der Waals surface area contributed by atoms with E-state index in [0.29, 0.717) is 0 Å². The van der Waals surface area contributed by atoms with E-state index in [9.17, 15) is 4.79 Å². The zero-order valence-corrected chi connectivity index (χ0v) is 6.38. The fraction of sp³-hybridized carbons (Fsp3) is 0.875. The van der Waals surface area contributed by atoms with Crippen LogP contribution < -0.4 is 0 Å². The maximum Gasteiger partial charge on any atom is 0.306 e. The van der Waals surface area contributed by atoms with Crippen molar-refractivity contribution in [2.24, 2.45) is 5.92 Å². The van der Waals surface area contributed by atoms with Crippen LogP contribution in [0.1, 0.15) is 25.7 Å². The van der Waals surface area contributed by atoms with E-state index in [-0.39, 0.29) is 11.5 Å². The van der Waals surface area contributed by atoms with Crippen molar-refractivity contribution in [3.8, 4) is 0 Å². The molecule has 2 rings (SSSR count). The van der Waals surface area contributed by atoms with Crippen LogP contribution in [0.4, 0.5) is 0 Å². The van der Waals surface area contributed by atoms with Crippen LogP contribution in [0.2, 0.25) is 0 Å². The molecule has 11 heavy (non-hydrogen) atoms. The van der Waals surface area contributed by atoms with Gasteiger partial charge < -0.3 is 9.84 Å². The van der Waals surface area contributed by atoms with Crippen molar-refractivity contribution < 1.29 is 14.6 Å². The van der Waals surface area contributed by atoms with Gasteiger partial charge in [-0.15, -0.1) is 0 Å². The lowest BCUT2D eigenvalue weighted by Gasteiger charge is -2.22. The van der Waals surface area contributed by atoms with Crippen molar-refractivity contribution in [2.75, 3.05) is 6.61 Å². The third-order valence-electron chi connectivity index (χ3n) is 2.80. The molecule has 1 aliphatic heterocycles. The minimum atomic E-state index is -0.638. The van der Waals surface area contributed by atoms with Crippen LogP contribution in [0.3, 0.4) is 0 Å². The number of carboxylic acids is 1. The number of carbonyl (C=O) groups is 1. The summed E-state index contributed by atoms with van der Waals surface area (Å²) in [4.78, 5) is 10.5. The van der Waals surface area contributed by atoms with Gasteiger partial charge in [0.05, 0.1) is 18.1 Å². The van der Waals surface area contributed by atoms with Crippen molar-refractivity contribution >= 4 is 5.97 Å². The largest absolute Gasteiger partial charge is 0.481 e. The van der Waals surface area contributed by atoms with Crippen LogP contribution >= 0.6 is 0 Å². The summed E-state index contributed by atoms with van der Waals surface area (Å²) in [7, 11) is 0. The van der Waals surface area contributed by atoms with Crippen LogP contribution in [0, 0.1) is 5.92 Å². The van der Waals surface area contributed by atoms with E-state index in [1.54, 1.807) is 0 Å². The summed E-state index contributed by atoms with van der Waals surface area (Å²) in [6.45, 7) is 0.860. The average molecular weight is 156 g/mol. The molecule has 0 radical (unpaired) electrons. The molecule has 3 nitrogen and oxygen atoms in total. The van der Waals surface area contributed by atoms with Crippen molar-refractivity contribution in [3.63, 3.8) is 0 Å². The number of rotatable bonds is 1. The van der Waals surface area contributed by atoms with Gasteiger partial charge in [-0.1, -0.05) is 0 Å². The molecule has 0 unspecified atom stereocenters. The molecule has 1 N–H and O–H groups in total. The molecule has 0 bridgehead atoms. The van der Waals surface area contributed by atoms with Crippen molar-refractivity contribution in [3.05, 3.63) is 0 Å². The number of carboxylic acid groups (broad SMARTS) is 1. The molecule has 0 aromatic heterocycles. The summed E-state index contributed by atoms with van der Waals surface area (Å²) in [6, 6.07) is 0. The van der Waals surface area contributed by atoms with Gasteiger partial charge in [-0.05, 0) is 25.7 Å². The van der Waals surface area contributed by atoms with Gasteiger partial charge in [0.25, 0.3) is 0 Å². The Bertz CT molecular complexity index is 174. The lowest BCUT2D eigenvalue weighted by Crippen LogP contribution is -2.26. The first-order chi connectivity index (χ1) is 5.22. The number of ether oxygens (including phenoxy) is 1. The molecule has 1 spiro atoms. The summed E-state index contributed by atoms with van der Waals surface area (Å²) in [5, 5.41) is 8.69. The summed E-state index contributed by atoms with van der Waals surface area (Å²) >= 11 is 0. The van der Waals surface area contributed by atoms with Crippen LogP contribution in [0.25, 0.3) is 0 Å². The van der Waals surface area contributed by atoms with Crippen LogP contribution in [-0.4, -0.2) is 23.3 Å². The van der Waals surface area contributed by atoms with Gasteiger partial charge in [-0.25, -0.2) is 0 Å². The topological polar surface area (TPSA) is 49.8 Å². The summed E-state index contributed by atoms with van der Waals surface area (Å²) in [5.41, 5.74) is 0.131. The molecule has 2 aliphatic rings. The monoisotopic (exact) mass is 156 g/mol. The van der Waals surface area contributed by atoms with E-state index in [0.717, 1.165) is 32.3 Å². The number of aliphatic carboxylic acids is 1. The van der Waals surface area contributed by atoms with Crippen molar-refractivity contribution in [2.45, 2.75) is 31.3 Å². The fourth-order valence-electron chi connectivity index (χ4n) is 1.78. The third kappa shape index (κ3) is 1.25. The molecule has 1 aliphatic carbocycles. The molecule has 0 aromatic rings. The first-order valence-corrected chi connectivity index (χ1v) is 4.09. The Balaban J connectivity index is 1.89. The second-order valence-corrected chi connectivity index (χ2v) is 3.58. The average Bonchev–Trinajstić information content (AvgIpc) is 2.70. The zero-order chi connectivity index (χ0) is 7.90. The van der Waals surface area contributed by atoms with Gasteiger partial charge in [0.1, 0.15) is 0 Å². The molecular weight excluding hydrogens is 144 g/mol. The van der Waals surface area contributed by atoms with Gasteiger partial charge in [-0.3, -0.25) is 4.79 Å². The third-order valence-corrected chi connectivity index (χ3v) is 2.80. The van der Waals surface area contributed by atoms with E-state index in [1.807, 2.05) is 0 Å². The highest BCUT2D eigenvalue weighted by molar-refractivity contribution is 5.70. The highest BCUT2D eigenvalue weighted by Crippen LogP contribution is 2.43. The highest BCUT2D eigenvalue weighted by atomic mass is 16.6. The Morgan fingerprint density at radius 3 is 2.36 bits per heavy atom. The predicted molar refractivity (Wildman–Crippen MR) is 38.3 cm³/mol. The predicted octanol–water partition coefficient (Wildman–Crippen LogP) is 1.03. The molecule has 62 valence electrons. The van der Waals surface area contributed by atoms with Gasteiger partial charge >= 0.3 is 5.97 Å². The lowest BCUT2D eigenvalue weighted by atomic mass is 9.82. The van der Waals surface area contributed by atoms with Crippen molar-refractivity contribution in [1.82, 2.24) is 0 Å². The smallest absolute Gasteiger partial charge is 0.306 e. The van der Waals surface area contributed by atoms with Gasteiger partial charge in [0.15, 0.2) is 0 Å². The SMILES string of the molecule is O=C(O)[C@H]1CC[C@]2(CC1)CO2. The molecule has 0 amide bonds. The Morgan fingerprint density at radius 1 is 1.45 bits per heavy atom. The minimum absolute atomic E-state index is 0.107. The second kappa shape index (κ2) is 2.21. The Hall–Kier alpha value is -0.570.